The lowest BCUT2D eigenvalue weighted by molar-refractivity contribution is 0.0520. The van der Waals surface area contributed by atoms with E-state index >= 15 is 0 Å². The third-order valence-electron chi connectivity index (χ3n) is 5.96. The quantitative estimate of drug-likeness (QED) is 0.180. The minimum atomic E-state index is -0.583. The maximum atomic E-state index is 13.1. The number of phenols is 1. The molecule has 6 aromatic rings. The number of esters is 1. The minimum Gasteiger partial charge on any atom is -0.506 e. The number of thiazole rings is 1. The van der Waals surface area contributed by atoms with E-state index in [0.717, 1.165) is 21.0 Å². The summed E-state index contributed by atoms with van der Waals surface area (Å²) < 4.78 is 7.87. The van der Waals surface area contributed by atoms with Crippen molar-refractivity contribution in [3.8, 4) is 22.0 Å². The standard InChI is InChI=1S/C29H21N5O3S/c1-2-37-29(36)26-24(28-30-21-14-8-9-15-23(21)38-28)27(34(33-26)19-11-4-3-5-12-19)32-31-25-20-13-7-6-10-18(20)16-17-22(25)35/h3-17,35H,2H2,1H3. The van der Waals surface area contributed by atoms with Gasteiger partial charge in [-0.1, -0.05) is 60.7 Å². The smallest absolute Gasteiger partial charge is 0.359 e. The van der Waals surface area contributed by atoms with Crippen LogP contribution in [-0.2, 0) is 4.74 Å². The van der Waals surface area contributed by atoms with Gasteiger partial charge >= 0.3 is 5.97 Å². The van der Waals surface area contributed by atoms with Crippen molar-refractivity contribution in [2.75, 3.05) is 6.61 Å². The van der Waals surface area contributed by atoms with Crippen LogP contribution in [0.4, 0.5) is 11.5 Å². The van der Waals surface area contributed by atoms with Gasteiger partial charge in [-0.2, -0.15) is 5.10 Å². The Morgan fingerprint density at radius 1 is 0.947 bits per heavy atom. The molecule has 0 aliphatic rings. The van der Waals surface area contributed by atoms with Crippen LogP contribution in [0.2, 0.25) is 0 Å². The zero-order valence-corrected chi connectivity index (χ0v) is 21.1. The zero-order chi connectivity index (χ0) is 26.1. The molecule has 0 saturated heterocycles. The first-order chi connectivity index (χ1) is 18.6. The topological polar surface area (TPSA) is 102 Å². The lowest BCUT2D eigenvalue weighted by atomic mass is 10.1. The van der Waals surface area contributed by atoms with Gasteiger partial charge in [0.25, 0.3) is 0 Å². The van der Waals surface area contributed by atoms with Crippen molar-refractivity contribution in [2.45, 2.75) is 6.92 Å². The zero-order valence-electron chi connectivity index (χ0n) is 20.3. The Kier molecular flexibility index (Phi) is 6.11. The van der Waals surface area contributed by atoms with Crippen molar-refractivity contribution in [2.24, 2.45) is 10.2 Å². The number of rotatable bonds is 6. The molecule has 2 aromatic heterocycles. The van der Waals surface area contributed by atoms with Gasteiger partial charge in [0.15, 0.2) is 11.5 Å². The van der Waals surface area contributed by atoms with Gasteiger partial charge < -0.3 is 9.84 Å². The molecule has 0 amide bonds. The predicted molar refractivity (Wildman–Crippen MR) is 148 cm³/mol. The number of fused-ring (bicyclic) bond motifs is 2. The summed E-state index contributed by atoms with van der Waals surface area (Å²) in [5.74, 6) is -0.295. The molecule has 8 nitrogen and oxygen atoms in total. The third kappa shape index (κ3) is 4.18. The summed E-state index contributed by atoms with van der Waals surface area (Å²) >= 11 is 1.43. The average Bonchev–Trinajstić information content (AvgIpc) is 3.55. The molecular weight excluding hydrogens is 498 g/mol. The van der Waals surface area contributed by atoms with Gasteiger partial charge in [-0.05, 0) is 42.6 Å². The highest BCUT2D eigenvalue weighted by Gasteiger charge is 2.29. The molecule has 2 heterocycles. The van der Waals surface area contributed by atoms with Crippen LogP contribution in [0.15, 0.2) is 101 Å². The molecule has 0 saturated carbocycles. The molecule has 0 bridgehead atoms. The van der Waals surface area contributed by atoms with Crippen molar-refractivity contribution in [3.63, 3.8) is 0 Å². The average molecular weight is 520 g/mol. The van der Waals surface area contributed by atoms with E-state index in [1.165, 1.54) is 11.3 Å². The number of hydrogen-bond donors (Lipinski definition) is 1. The van der Waals surface area contributed by atoms with E-state index in [2.05, 4.69) is 15.3 Å². The van der Waals surface area contributed by atoms with E-state index in [9.17, 15) is 9.90 Å². The van der Waals surface area contributed by atoms with Crippen LogP contribution in [-0.4, -0.2) is 32.4 Å². The maximum Gasteiger partial charge on any atom is 0.359 e. The van der Waals surface area contributed by atoms with Gasteiger partial charge in [-0.15, -0.1) is 21.6 Å². The van der Waals surface area contributed by atoms with Crippen LogP contribution in [0.25, 0.3) is 37.2 Å². The number of para-hydroxylation sites is 2. The first kappa shape index (κ1) is 23.5. The molecular formula is C29H21N5O3S. The highest BCUT2D eigenvalue weighted by molar-refractivity contribution is 7.21. The Morgan fingerprint density at radius 2 is 1.71 bits per heavy atom. The van der Waals surface area contributed by atoms with Gasteiger partial charge in [0, 0.05) is 5.39 Å². The van der Waals surface area contributed by atoms with Crippen LogP contribution >= 0.6 is 11.3 Å². The lowest BCUT2D eigenvalue weighted by Gasteiger charge is -2.06. The number of hydrogen-bond acceptors (Lipinski definition) is 8. The van der Waals surface area contributed by atoms with Crippen LogP contribution in [0.1, 0.15) is 17.4 Å². The second kappa shape index (κ2) is 9.87. The van der Waals surface area contributed by atoms with Gasteiger partial charge in [-0.3, -0.25) is 0 Å². The molecule has 0 radical (unpaired) electrons. The molecule has 0 unspecified atom stereocenters. The van der Waals surface area contributed by atoms with Crippen LogP contribution in [0.5, 0.6) is 5.75 Å². The number of ether oxygens (including phenoxy) is 1. The van der Waals surface area contributed by atoms with Gasteiger partial charge in [0.2, 0.25) is 0 Å². The molecule has 1 N–H and O–H groups in total. The Balaban J connectivity index is 1.63. The summed E-state index contributed by atoms with van der Waals surface area (Å²) in [7, 11) is 0. The van der Waals surface area contributed by atoms with Crippen molar-refractivity contribution < 1.29 is 14.6 Å². The second-order valence-electron chi connectivity index (χ2n) is 8.36. The van der Waals surface area contributed by atoms with Gasteiger partial charge in [-0.25, -0.2) is 14.5 Å². The molecule has 0 aliphatic heterocycles. The summed E-state index contributed by atoms with van der Waals surface area (Å²) in [5, 5.41) is 26.6. The van der Waals surface area contributed by atoms with E-state index in [1.807, 2.05) is 84.9 Å². The number of aromatic nitrogens is 3. The highest BCUT2D eigenvalue weighted by Crippen LogP contribution is 2.42. The minimum absolute atomic E-state index is 0.00891. The Labute approximate surface area is 221 Å². The predicted octanol–water partition coefficient (Wildman–Crippen LogP) is 7.60. The molecule has 0 aliphatic carbocycles. The van der Waals surface area contributed by atoms with Crippen molar-refractivity contribution in [1.29, 1.82) is 0 Å². The summed E-state index contributed by atoms with van der Waals surface area (Å²) in [6.45, 7) is 1.93. The number of carbonyl (C=O) groups is 1. The molecule has 4 aromatic carbocycles. The summed E-state index contributed by atoms with van der Waals surface area (Å²) in [5.41, 5.74) is 2.30. The van der Waals surface area contributed by atoms with E-state index in [1.54, 1.807) is 17.7 Å². The van der Waals surface area contributed by atoms with E-state index in [-0.39, 0.29) is 18.1 Å². The van der Waals surface area contributed by atoms with E-state index < -0.39 is 5.97 Å². The fraction of sp³-hybridized carbons (Fsp3) is 0.0690. The van der Waals surface area contributed by atoms with Crippen LogP contribution < -0.4 is 0 Å². The van der Waals surface area contributed by atoms with Crippen molar-refractivity contribution in [3.05, 3.63) is 96.7 Å². The number of phenolic OH excluding ortho intramolecular Hbond substituents is 1. The Morgan fingerprint density at radius 3 is 2.53 bits per heavy atom. The largest absolute Gasteiger partial charge is 0.506 e. The molecule has 9 heteroatoms. The number of azo groups is 1. The molecule has 0 spiro atoms. The molecule has 0 atom stereocenters. The summed E-state index contributed by atoms with van der Waals surface area (Å²) in [6, 6.07) is 28.1. The van der Waals surface area contributed by atoms with Crippen LogP contribution in [0.3, 0.4) is 0 Å². The van der Waals surface area contributed by atoms with Gasteiger partial charge in [0.05, 0.1) is 28.1 Å². The Bertz CT molecular complexity index is 1790. The molecule has 6 rings (SSSR count). The molecule has 186 valence electrons. The lowest BCUT2D eigenvalue weighted by Crippen LogP contribution is -2.07. The fourth-order valence-corrected chi connectivity index (χ4v) is 5.22. The Hall–Kier alpha value is -4.89. The fourth-order valence-electron chi connectivity index (χ4n) is 4.22. The number of aromatic hydroxyl groups is 1. The second-order valence-corrected chi connectivity index (χ2v) is 9.39. The monoisotopic (exact) mass is 519 g/mol. The molecule has 0 fully saturated rings. The SMILES string of the molecule is CCOC(=O)c1nn(-c2ccccc2)c(N=Nc2c(O)ccc3ccccc23)c1-c1nc2ccccc2s1. The van der Waals surface area contributed by atoms with E-state index in [0.29, 0.717) is 27.8 Å². The number of benzene rings is 4. The van der Waals surface area contributed by atoms with Crippen molar-refractivity contribution in [1.82, 2.24) is 14.8 Å². The normalized spacial score (nSPS) is 11.5. The number of carbonyl (C=O) groups excluding carboxylic acids is 1. The van der Waals surface area contributed by atoms with E-state index in [4.69, 9.17) is 9.72 Å². The van der Waals surface area contributed by atoms with Crippen LogP contribution in [0, 0.1) is 0 Å². The maximum absolute atomic E-state index is 13.1. The summed E-state index contributed by atoms with van der Waals surface area (Å²) in [4.78, 5) is 17.9. The number of nitrogens with zero attached hydrogens (tertiary/aromatic N) is 5. The van der Waals surface area contributed by atoms with Gasteiger partial charge in [0.1, 0.15) is 16.4 Å². The molecule has 38 heavy (non-hydrogen) atoms. The first-order valence-electron chi connectivity index (χ1n) is 12.0. The third-order valence-corrected chi connectivity index (χ3v) is 7.02. The highest BCUT2D eigenvalue weighted by atomic mass is 32.1. The first-order valence-corrected chi connectivity index (χ1v) is 12.8. The van der Waals surface area contributed by atoms with Crippen molar-refractivity contribution >= 4 is 49.8 Å². The summed E-state index contributed by atoms with van der Waals surface area (Å²) in [6.07, 6.45) is 0.